The zero-order valence-electron chi connectivity index (χ0n) is 11.2. The molecule has 0 saturated heterocycles. The quantitative estimate of drug-likeness (QED) is 0.512. The summed E-state index contributed by atoms with van der Waals surface area (Å²) in [5.41, 5.74) is 0.0890. The first kappa shape index (κ1) is 14.3. The highest BCUT2D eigenvalue weighted by molar-refractivity contribution is 5.93. The summed E-state index contributed by atoms with van der Waals surface area (Å²) in [6, 6.07) is 6.87. The van der Waals surface area contributed by atoms with Crippen LogP contribution in [-0.2, 0) is 9.53 Å². The van der Waals surface area contributed by atoms with Crippen LogP contribution in [0.1, 0.15) is 6.92 Å². The molecule has 0 amide bonds. The summed E-state index contributed by atoms with van der Waals surface area (Å²) < 4.78 is 6.07. The van der Waals surface area contributed by atoms with Gasteiger partial charge < -0.3 is 10.1 Å². The lowest BCUT2D eigenvalue weighted by atomic mass is 10.3. The monoisotopic (exact) mass is 284 g/mol. The Labute approximate surface area is 120 Å². The van der Waals surface area contributed by atoms with Gasteiger partial charge in [0.2, 0.25) is 0 Å². The lowest BCUT2D eigenvalue weighted by Crippen LogP contribution is -2.18. The van der Waals surface area contributed by atoms with E-state index < -0.39 is 5.97 Å². The molecule has 2 aromatic heterocycles. The van der Waals surface area contributed by atoms with Gasteiger partial charge in [0.15, 0.2) is 5.57 Å². The van der Waals surface area contributed by atoms with Gasteiger partial charge >= 0.3 is 5.97 Å². The van der Waals surface area contributed by atoms with Gasteiger partial charge in [-0.05, 0) is 19.1 Å². The molecule has 0 bridgehead atoms. The van der Waals surface area contributed by atoms with Crippen LogP contribution >= 0.6 is 0 Å². The summed E-state index contributed by atoms with van der Waals surface area (Å²) in [6.45, 7) is 1.80. The lowest BCUT2D eigenvalue weighted by molar-refractivity contribution is -0.138. The first-order chi connectivity index (χ1) is 10.2. The van der Waals surface area contributed by atoms with Gasteiger partial charge in [0, 0.05) is 12.4 Å². The Morgan fingerprint density at radius 2 is 2.38 bits per heavy atom. The molecule has 106 valence electrons. The number of ether oxygens (including phenoxy) is 1. The van der Waals surface area contributed by atoms with Crippen LogP contribution in [0.5, 0.6) is 0 Å². The number of carbonyl (C=O) groups is 1. The van der Waals surface area contributed by atoms with E-state index in [0.29, 0.717) is 5.65 Å². The minimum Gasteiger partial charge on any atom is -0.462 e. The fourth-order valence-corrected chi connectivity index (χ4v) is 1.62. The van der Waals surface area contributed by atoms with Gasteiger partial charge in [-0.25, -0.2) is 9.78 Å². The van der Waals surface area contributed by atoms with E-state index >= 15 is 0 Å². The van der Waals surface area contributed by atoms with E-state index in [1.807, 2.05) is 0 Å². The van der Waals surface area contributed by atoms with Gasteiger partial charge in [-0.1, -0.05) is 6.07 Å². The number of pyridine rings is 1. The Bertz CT molecular complexity index is 802. The molecular formula is C14H12N4O3. The van der Waals surface area contributed by atoms with E-state index in [1.165, 1.54) is 10.6 Å². The van der Waals surface area contributed by atoms with Crippen molar-refractivity contribution in [1.82, 2.24) is 9.38 Å². The molecule has 2 heterocycles. The Balaban J connectivity index is 2.32. The van der Waals surface area contributed by atoms with Gasteiger partial charge in [-0.3, -0.25) is 9.20 Å². The Morgan fingerprint density at radius 3 is 3.10 bits per heavy atom. The summed E-state index contributed by atoms with van der Waals surface area (Å²) in [4.78, 5) is 27.7. The standard InChI is InChI=1S/C14H12N4O3/c1-2-21-14(20)10(7-15)8-16-11-9-17-12-5-3-4-6-18(12)13(11)19/h3-6,8-9,16H,2H2,1H3/b10-8+. The number of fused-ring (bicyclic) bond motifs is 1. The van der Waals surface area contributed by atoms with Crippen LogP contribution in [0, 0.1) is 11.3 Å². The van der Waals surface area contributed by atoms with Crippen LogP contribution in [0.15, 0.2) is 47.2 Å². The van der Waals surface area contributed by atoms with Crippen molar-refractivity contribution < 1.29 is 9.53 Å². The van der Waals surface area contributed by atoms with Crippen molar-refractivity contribution in [3.8, 4) is 6.07 Å². The molecule has 0 aliphatic heterocycles. The van der Waals surface area contributed by atoms with Crippen LogP contribution < -0.4 is 10.9 Å². The van der Waals surface area contributed by atoms with E-state index in [1.54, 1.807) is 37.4 Å². The number of nitrogens with zero attached hydrogens (tertiary/aromatic N) is 3. The van der Waals surface area contributed by atoms with Crippen LogP contribution in [0.25, 0.3) is 5.65 Å². The highest BCUT2D eigenvalue weighted by Gasteiger charge is 2.10. The molecule has 0 fully saturated rings. The van der Waals surface area contributed by atoms with E-state index in [-0.39, 0.29) is 23.4 Å². The number of hydrogen-bond acceptors (Lipinski definition) is 6. The molecule has 2 rings (SSSR count). The molecule has 7 nitrogen and oxygen atoms in total. The summed E-state index contributed by atoms with van der Waals surface area (Å²) >= 11 is 0. The van der Waals surface area contributed by atoms with E-state index in [9.17, 15) is 9.59 Å². The zero-order chi connectivity index (χ0) is 15.2. The molecule has 0 aliphatic carbocycles. The number of nitrogens with one attached hydrogen (secondary N) is 1. The van der Waals surface area contributed by atoms with Gasteiger partial charge in [0.1, 0.15) is 17.4 Å². The van der Waals surface area contributed by atoms with E-state index in [0.717, 1.165) is 6.20 Å². The van der Waals surface area contributed by atoms with Crippen molar-refractivity contribution in [3.63, 3.8) is 0 Å². The highest BCUT2D eigenvalue weighted by atomic mass is 16.5. The molecule has 0 spiro atoms. The second kappa shape index (κ2) is 6.34. The molecular weight excluding hydrogens is 272 g/mol. The number of carbonyl (C=O) groups excluding carboxylic acids is 1. The van der Waals surface area contributed by atoms with Gasteiger partial charge in [0.25, 0.3) is 5.56 Å². The Hall–Kier alpha value is -3.14. The molecule has 0 atom stereocenters. The van der Waals surface area contributed by atoms with Gasteiger partial charge in [-0.15, -0.1) is 0 Å². The van der Waals surface area contributed by atoms with E-state index in [2.05, 4.69) is 10.3 Å². The highest BCUT2D eigenvalue weighted by Crippen LogP contribution is 2.03. The maximum absolute atomic E-state index is 12.2. The van der Waals surface area contributed by atoms with Crippen LogP contribution in [0.4, 0.5) is 5.69 Å². The average molecular weight is 284 g/mol. The van der Waals surface area contributed by atoms with Crippen LogP contribution in [-0.4, -0.2) is 22.0 Å². The smallest absolute Gasteiger partial charge is 0.350 e. The zero-order valence-corrected chi connectivity index (χ0v) is 11.2. The van der Waals surface area contributed by atoms with Crippen molar-refractivity contribution >= 4 is 17.3 Å². The average Bonchev–Trinajstić information content (AvgIpc) is 2.50. The molecule has 0 aliphatic rings. The largest absolute Gasteiger partial charge is 0.462 e. The molecule has 0 radical (unpaired) electrons. The van der Waals surface area contributed by atoms with Crippen LogP contribution in [0.3, 0.4) is 0 Å². The third kappa shape index (κ3) is 3.06. The molecule has 21 heavy (non-hydrogen) atoms. The summed E-state index contributed by atoms with van der Waals surface area (Å²) in [5.74, 6) is -0.749. The number of hydrogen-bond donors (Lipinski definition) is 1. The van der Waals surface area contributed by atoms with Crippen molar-refractivity contribution in [2.75, 3.05) is 11.9 Å². The van der Waals surface area contributed by atoms with Crippen molar-refractivity contribution in [2.45, 2.75) is 6.92 Å². The SMILES string of the molecule is CCOC(=O)/C(C#N)=C/Nc1cnc2ccccn2c1=O. The first-order valence-corrected chi connectivity index (χ1v) is 6.17. The summed E-state index contributed by atoms with van der Waals surface area (Å²) in [5, 5.41) is 11.5. The second-order valence-corrected chi connectivity index (χ2v) is 3.94. The predicted molar refractivity (Wildman–Crippen MR) is 75.4 cm³/mol. The maximum atomic E-state index is 12.2. The molecule has 1 N–H and O–H groups in total. The van der Waals surface area contributed by atoms with Crippen molar-refractivity contribution in [1.29, 1.82) is 5.26 Å². The fourth-order valence-electron chi connectivity index (χ4n) is 1.62. The van der Waals surface area contributed by atoms with Crippen molar-refractivity contribution in [3.05, 3.63) is 52.7 Å². The van der Waals surface area contributed by atoms with Gasteiger partial charge in [0.05, 0.1) is 12.8 Å². The molecule has 0 aromatic carbocycles. The van der Waals surface area contributed by atoms with Crippen LogP contribution in [0.2, 0.25) is 0 Å². The molecule has 7 heteroatoms. The number of nitriles is 1. The Kier molecular flexibility index (Phi) is 4.31. The number of aromatic nitrogens is 2. The van der Waals surface area contributed by atoms with Gasteiger partial charge in [-0.2, -0.15) is 5.26 Å². The number of esters is 1. The molecule has 0 unspecified atom stereocenters. The maximum Gasteiger partial charge on any atom is 0.350 e. The second-order valence-electron chi connectivity index (χ2n) is 3.94. The minimum atomic E-state index is -0.749. The number of anilines is 1. The van der Waals surface area contributed by atoms with Crippen molar-refractivity contribution in [2.24, 2.45) is 0 Å². The third-order valence-corrected chi connectivity index (χ3v) is 2.60. The summed E-state index contributed by atoms with van der Waals surface area (Å²) in [7, 11) is 0. The van der Waals surface area contributed by atoms with E-state index in [4.69, 9.17) is 10.00 Å². The minimum absolute atomic E-state index is 0.149. The number of rotatable bonds is 4. The normalized spacial score (nSPS) is 11.0. The topological polar surface area (TPSA) is 96.5 Å². The molecule has 2 aromatic rings. The lowest BCUT2D eigenvalue weighted by Gasteiger charge is -2.04. The predicted octanol–water partition coefficient (Wildman–Crippen LogP) is 1.08. The Morgan fingerprint density at radius 1 is 1.57 bits per heavy atom. The molecule has 0 saturated carbocycles. The third-order valence-electron chi connectivity index (χ3n) is 2.60. The fraction of sp³-hybridized carbons (Fsp3) is 0.143. The summed E-state index contributed by atoms with van der Waals surface area (Å²) in [6.07, 6.45) is 4.05. The first-order valence-electron chi connectivity index (χ1n) is 6.17.